The van der Waals surface area contributed by atoms with Gasteiger partial charge < -0.3 is 9.47 Å². The van der Waals surface area contributed by atoms with Crippen LogP contribution in [0.25, 0.3) is 0 Å². The number of fused-ring (bicyclic) bond motifs is 1. The third-order valence-corrected chi connectivity index (χ3v) is 2.63. The maximum Gasteiger partial charge on any atom is 0.471 e. The Hall–Kier alpha value is -1.31. The number of nitrogens with zero attached hydrogens (tertiary/aromatic N) is 1. The quantitative estimate of drug-likeness (QED) is 0.512. The summed E-state index contributed by atoms with van der Waals surface area (Å²) in [6.45, 7) is 1.18. The van der Waals surface area contributed by atoms with Crippen molar-refractivity contribution < 1.29 is 32.2 Å². The van der Waals surface area contributed by atoms with Crippen molar-refractivity contribution in [2.45, 2.75) is 44.5 Å². The highest BCUT2D eigenvalue weighted by Crippen LogP contribution is 2.42. The maximum absolute atomic E-state index is 12.2. The molecule has 17 heavy (non-hydrogen) atoms. The molecule has 0 bridgehead atoms. The molecule has 0 aliphatic carbocycles. The second-order valence-corrected chi connectivity index (χ2v) is 3.92. The molecule has 0 aromatic heterocycles. The van der Waals surface area contributed by atoms with E-state index < -0.39 is 36.6 Å². The Kier molecular flexibility index (Phi) is 2.76. The summed E-state index contributed by atoms with van der Waals surface area (Å²) in [6.07, 6.45) is -6.04. The fourth-order valence-electron chi connectivity index (χ4n) is 1.91. The second kappa shape index (κ2) is 3.86. The molecular weight excluding hydrogens is 243 g/mol. The third kappa shape index (κ3) is 2.36. The van der Waals surface area contributed by atoms with E-state index in [1.807, 2.05) is 0 Å². The molecule has 0 aromatic carbocycles. The second-order valence-electron chi connectivity index (χ2n) is 3.92. The monoisotopic (exact) mass is 253 g/mol. The van der Waals surface area contributed by atoms with Crippen LogP contribution in [0.4, 0.5) is 13.2 Å². The van der Waals surface area contributed by atoms with Gasteiger partial charge in [-0.1, -0.05) is 0 Å². The number of carbonyl (C=O) groups excluding carboxylic acids is 2. The van der Waals surface area contributed by atoms with E-state index >= 15 is 0 Å². The molecule has 2 saturated heterocycles. The molecule has 96 valence electrons. The van der Waals surface area contributed by atoms with Crippen LogP contribution in [0.1, 0.15) is 19.8 Å². The van der Waals surface area contributed by atoms with E-state index in [4.69, 9.17) is 9.47 Å². The molecule has 0 radical (unpaired) electrons. The van der Waals surface area contributed by atoms with Crippen molar-refractivity contribution in [3.63, 3.8) is 0 Å². The van der Waals surface area contributed by atoms with Gasteiger partial charge in [0.2, 0.25) is 6.29 Å². The maximum atomic E-state index is 12.2. The molecule has 2 fully saturated rings. The van der Waals surface area contributed by atoms with Crippen molar-refractivity contribution in [3.05, 3.63) is 0 Å². The molecule has 2 aliphatic rings. The summed E-state index contributed by atoms with van der Waals surface area (Å²) in [7, 11) is 0. The normalized spacial score (nSPS) is 31.8. The highest BCUT2D eigenvalue weighted by Gasteiger charge is 2.61. The Labute approximate surface area is 94.5 Å². The van der Waals surface area contributed by atoms with Gasteiger partial charge >= 0.3 is 18.1 Å². The molecule has 0 unspecified atom stereocenters. The zero-order valence-electron chi connectivity index (χ0n) is 8.86. The van der Waals surface area contributed by atoms with Crippen LogP contribution in [0.5, 0.6) is 0 Å². The Morgan fingerprint density at radius 2 is 2.00 bits per heavy atom. The van der Waals surface area contributed by atoms with Crippen LogP contribution in [0.2, 0.25) is 0 Å². The summed E-state index contributed by atoms with van der Waals surface area (Å²) < 4.78 is 46.2. The van der Waals surface area contributed by atoms with Gasteiger partial charge in [0.1, 0.15) is 0 Å². The van der Waals surface area contributed by atoms with Crippen LogP contribution in [-0.4, -0.2) is 41.5 Å². The Balaban J connectivity index is 1.93. The van der Waals surface area contributed by atoms with Crippen molar-refractivity contribution in [2.24, 2.45) is 0 Å². The number of carbonyl (C=O) groups is 2. The molecule has 3 atom stereocenters. The van der Waals surface area contributed by atoms with E-state index in [1.54, 1.807) is 0 Å². The van der Waals surface area contributed by atoms with Gasteiger partial charge in [0, 0.05) is 13.3 Å². The van der Waals surface area contributed by atoms with E-state index in [1.165, 1.54) is 6.92 Å². The summed E-state index contributed by atoms with van der Waals surface area (Å²) in [6, 6.07) is -0.545. The number of hydrogen-bond acceptors (Lipinski definition) is 4. The van der Waals surface area contributed by atoms with E-state index in [0.717, 1.165) is 0 Å². The molecule has 0 saturated carbocycles. The molecule has 2 heterocycles. The van der Waals surface area contributed by atoms with Gasteiger partial charge in [-0.25, -0.2) is 0 Å². The lowest BCUT2D eigenvalue weighted by atomic mass is 10.2. The molecule has 1 amide bonds. The van der Waals surface area contributed by atoms with Crippen LogP contribution in [-0.2, 0) is 19.1 Å². The van der Waals surface area contributed by atoms with Crippen LogP contribution >= 0.6 is 0 Å². The van der Waals surface area contributed by atoms with Gasteiger partial charge in [0.05, 0.1) is 6.04 Å². The molecule has 0 spiro atoms. The average molecular weight is 253 g/mol. The molecule has 2 rings (SSSR count). The highest BCUT2D eigenvalue weighted by molar-refractivity contribution is 5.84. The van der Waals surface area contributed by atoms with E-state index in [9.17, 15) is 22.8 Å². The summed E-state index contributed by atoms with van der Waals surface area (Å²) in [5.74, 6) is -2.47. The topological polar surface area (TPSA) is 55.6 Å². The molecule has 0 aromatic rings. The first-order valence-corrected chi connectivity index (χ1v) is 5.03. The third-order valence-electron chi connectivity index (χ3n) is 2.63. The number of hydrogen-bond donors (Lipinski definition) is 0. The lowest BCUT2D eigenvalue weighted by molar-refractivity contribution is -0.194. The van der Waals surface area contributed by atoms with Crippen molar-refractivity contribution >= 4 is 11.9 Å². The first-order valence-electron chi connectivity index (χ1n) is 5.03. The highest BCUT2D eigenvalue weighted by atomic mass is 19.4. The summed E-state index contributed by atoms with van der Waals surface area (Å²) in [5, 5.41) is 0. The van der Waals surface area contributed by atoms with Gasteiger partial charge in [-0.3, -0.25) is 14.5 Å². The molecule has 5 nitrogen and oxygen atoms in total. The fourth-order valence-corrected chi connectivity index (χ4v) is 1.91. The number of esters is 1. The molecule has 2 aliphatic heterocycles. The van der Waals surface area contributed by atoms with Crippen LogP contribution in [0.3, 0.4) is 0 Å². The zero-order chi connectivity index (χ0) is 12.8. The van der Waals surface area contributed by atoms with Gasteiger partial charge in [-0.15, -0.1) is 0 Å². The summed E-state index contributed by atoms with van der Waals surface area (Å²) in [4.78, 5) is 22.2. The van der Waals surface area contributed by atoms with Gasteiger partial charge in [0.15, 0.2) is 6.23 Å². The number of rotatable bonds is 1. The van der Waals surface area contributed by atoms with Crippen molar-refractivity contribution in [1.82, 2.24) is 4.90 Å². The van der Waals surface area contributed by atoms with Gasteiger partial charge in [-0.05, 0) is 6.42 Å². The summed E-state index contributed by atoms with van der Waals surface area (Å²) in [5.41, 5.74) is 0. The minimum Gasteiger partial charge on any atom is -0.436 e. The minimum absolute atomic E-state index is 0.294. The first-order chi connectivity index (χ1) is 7.80. The van der Waals surface area contributed by atoms with Crippen molar-refractivity contribution in [3.8, 4) is 0 Å². The lowest BCUT2D eigenvalue weighted by Crippen LogP contribution is -2.32. The Bertz CT molecular complexity index is 357. The van der Waals surface area contributed by atoms with Crippen LogP contribution < -0.4 is 0 Å². The predicted octanol–water partition coefficient (Wildman–Crippen LogP) is 0.785. The average Bonchev–Trinajstić information content (AvgIpc) is 2.87. The van der Waals surface area contributed by atoms with Gasteiger partial charge in [-0.2, -0.15) is 13.2 Å². The van der Waals surface area contributed by atoms with E-state index in [0.29, 0.717) is 17.7 Å². The summed E-state index contributed by atoms with van der Waals surface area (Å²) >= 11 is 0. The van der Waals surface area contributed by atoms with E-state index in [2.05, 4.69) is 0 Å². The molecule has 0 N–H and O–H groups in total. The largest absolute Gasteiger partial charge is 0.471 e. The fraction of sp³-hybridized carbons (Fsp3) is 0.778. The number of amides is 1. The van der Waals surface area contributed by atoms with Crippen molar-refractivity contribution in [2.75, 3.05) is 0 Å². The minimum atomic E-state index is -4.89. The first kappa shape index (κ1) is 12.2. The molecular formula is C9H10F3NO4. The zero-order valence-corrected chi connectivity index (χ0v) is 8.86. The number of ether oxygens (including phenoxy) is 2. The van der Waals surface area contributed by atoms with Crippen LogP contribution in [0, 0.1) is 0 Å². The lowest BCUT2D eigenvalue weighted by Gasteiger charge is -2.19. The smallest absolute Gasteiger partial charge is 0.436 e. The molecule has 8 heteroatoms. The standard InChI is InChI=1S/C9H10F3NO4/c1-4(14)16-6-3-2-5-7(17-6)13(5)8(15)9(10,11)12/h5-7H,2-3H2,1H3/t5-,6+,7+,13?/m1/s1. The number of alkyl halides is 3. The van der Waals surface area contributed by atoms with Crippen LogP contribution in [0.15, 0.2) is 0 Å². The Morgan fingerprint density at radius 1 is 1.35 bits per heavy atom. The van der Waals surface area contributed by atoms with Crippen molar-refractivity contribution in [1.29, 1.82) is 0 Å². The predicted molar refractivity (Wildman–Crippen MR) is 46.4 cm³/mol. The van der Waals surface area contributed by atoms with E-state index in [-0.39, 0.29) is 0 Å². The van der Waals surface area contributed by atoms with Gasteiger partial charge in [0.25, 0.3) is 0 Å². The Morgan fingerprint density at radius 3 is 2.53 bits per heavy atom. The SMILES string of the molecule is CC(=O)O[C@@H]1CC[C@@H]2[C@H](O1)N2C(=O)C(F)(F)F. The number of halogens is 3.